The molecule has 1 aliphatic heterocycles. The maximum Gasteiger partial charge on any atom is 0.325 e. The molecule has 0 amide bonds. The van der Waals surface area contributed by atoms with Gasteiger partial charge in [0.15, 0.2) is 0 Å². The first kappa shape index (κ1) is 15.7. The van der Waals surface area contributed by atoms with E-state index in [1.165, 1.54) is 36.2 Å². The highest BCUT2D eigenvalue weighted by molar-refractivity contribution is 5.69. The van der Waals surface area contributed by atoms with Gasteiger partial charge in [-0.15, -0.1) is 0 Å². The summed E-state index contributed by atoms with van der Waals surface area (Å²) >= 11 is 0. The summed E-state index contributed by atoms with van der Waals surface area (Å²) in [4.78, 5) is 13.4. The molecule has 1 saturated heterocycles. The predicted octanol–water partition coefficient (Wildman–Crippen LogP) is 3.10. The van der Waals surface area contributed by atoms with Crippen LogP contribution in [0.1, 0.15) is 37.1 Å². The first-order valence-corrected chi connectivity index (χ1v) is 8.15. The number of likely N-dealkylation sites (tertiary alicyclic amines) is 1. The first-order valence-electron chi connectivity index (χ1n) is 8.15. The Bertz CT molecular complexity index is 702. The molecule has 2 heterocycles. The Morgan fingerprint density at radius 2 is 2.09 bits per heavy atom. The van der Waals surface area contributed by atoms with Crippen molar-refractivity contribution in [2.45, 2.75) is 39.3 Å². The lowest BCUT2D eigenvalue weighted by Crippen LogP contribution is -2.23. The summed E-state index contributed by atoms with van der Waals surface area (Å²) in [7, 11) is 0. The molecule has 1 aromatic carbocycles. The van der Waals surface area contributed by atoms with E-state index in [-0.39, 0.29) is 6.54 Å². The van der Waals surface area contributed by atoms with Gasteiger partial charge < -0.3 is 5.11 Å². The molecular formula is C18H23N3O2. The molecule has 0 aliphatic carbocycles. The average Bonchev–Trinajstić information content (AvgIpc) is 3.17. The third kappa shape index (κ3) is 3.29. The SMILES string of the molecule is Cc1c(-c2cccc(C(C)N3CCCC3)c2)cnn1CC(=O)O. The third-order valence-corrected chi connectivity index (χ3v) is 4.76. The molecule has 0 saturated carbocycles. The minimum Gasteiger partial charge on any atom is -0.480 e. The minimum atomic E-state index is -0.876. The zero-order chi connectivity index (χ0) is 16.4. The number of aromatic nitrogens is 2. The Kier molecular flexibility index (Phi) is 4.48. The van der Waals surface area contributed by atoms with Gasteiger partial charge in [0.05, 0.1) is 6.20 Å². The van der Waals surface area contributed by atoms with E-state index in [1.54, 1.807) is 6.20 Å². The molecule has 122 valence electrons. The molecule has 5 nitrogen and oxygen atoms in total. The molecule has 0 bridgehead atoms. The number of carboxylic acids is 1. The van der Waals surface area contributed by atoms with Crippen LogP contribution in [-0.2, 0) is 11.3 Å². The molecule has 1 fully saturated rings. The number of aliphatic carboxylic acids is 1. The van der Waals surface area contributed by atoms with E-state index in [0.717, 1.165) is 16.8 Å². The predicted molar refractivity (Wildman–Crippen MR) is 89.3 cm³/mol. The Morgan fingerprint density at radius 3 is 2.78 bits per heavy atom. The van der Waals surface area contributed by atoms with Gasteiger partial charge in [-0.25, -0.2) is 0 Å². The van der Waals surface area contributed by atoms with E-state index in [2.05, 4.69) is 41.2 Å². The molecule has 1 aliphatic rings. The van der Waals surface area contributed by atoms with Crippen molar-refractivity contribution in [3.05, 3.63) is 41.7 Å². The van der Waals surface area contributed by atoms with Gasteiger partial charge in [0.25, 0.3) is 0 Å². The molecule has 1 N–H and O–H groups in total. The standard InChI is InChI=1S/C18H23N3O2/c1-13(20-8-3-4-9-20)15-6-5-7-16(10-15)17-11-19-21(14(17)2)12-18(22)23/h5-7,10-11,13H,3-4,8-9,12H2,1-2H3,(H,22,23). The van der Waals surface area contributed by atoms with Crippen molar-refractivity contribution in [1.29, 1.82) is 0 Å². The monoisotopic (exact) mass is 313 g/mol. The van der Waals surface area contributed by atoms with Gasteiger partial charge in [-0.05, 0) is 57.0 Å². The van der Waals surface area contributed by atoms with Gasteiger partial charge >= 0.3 is 5.97 Å². The smallest absolute Gasteiger partial charge is 0.325 e. The fourth-order valence-electron chi connectivity index (χ4n) is 3.32. The van der Waals surface area contributed by atoms with E-state index < -0.39 is 5.97 Å². The van der Waals surface area contributed by atoms with E-state index >= 15 is 0 Å². The third-order valence-electron chi connectivity index (χ3n) is 4.76. The normalized spacial score (nSPS) is 16.6. The van der Waals surface area contributed by atoms with Gasteiger partial charge in [-0.2, -0.15) is 5.10 Å². The average molecular weight is 313 g/mol. The second-order valence-electron chi connectivity index (χ2n) is 6.24. The van der Waals surface area contributed by atoms with Crippen molar-refractivity contribution < 1.29 is 9.90 Å². The summed E-state index contributed by atoms with van der Waals surface area (Å²) in [5.41, 5.74) is 4.29. The molecule has 1 atom stereocenters. The Hall–Kier alpha value is -2.14. The van der Waals surface area contributed by atoms with Gasteiger partial charge in [0.1, 0.15) is 6.54 Å². The fourth-order valence-corrected chi connectivity index (χ4v) is 3.32. The van der Waals surface area contributed by atoms with Crippen LogP contribution in [0.15, 0.2) is 30.5 Å². The second-order valence-corrected chi connectivity index (χ2v) is 6.24. The number of benzene rings is 1. The van der Waals surface area contributed by atoms with Gasteiger partial charge in [-0.1, -0.05) is 18.2 Å². The Labute approximate surface area is 136 Å². The van der Waals surface area contributed by atoms with Crippen molar-refractivity contribution in [3.63, 3.8) is 0 Å². The molecule has 1 aromatic heterocycles. The lowest BCUT2D eigenvalue weighted by molar-refractivity contribution is -0.137. The summed E-state index contributed by atoms with van der Waals surface area (Å²) in [6.45, 7) is 6.41. The summed E-state index contributed by atoms with van der Waals surface area (Å²) in [6.07, 6.45) is 4.33. The molecule has 1 unspecified atom stereocenters. The highest BCUT2D eigenvalue weighted by Crippen LogP contribution is 2.29. The Balaban J connectivity index is 1.87. The highest BCUT2D eigenvalue weighted by Gasteiger charge is 2.20. The lowest BCUT2D eigenvalue weighted by atomic mass is 10.00. The van der Waals surface area contributed by atoms with E-state index in [0.29, 0.717) is 6.04 Å². The van der Waals surface area contributed by atoms with Crippen molar-refractivity contribution in [1.82, 2.24) is 14.7 Å². The molecule has 2 aromatic rings. The van der Waals surface area contributed by atoms with Gasteiger partial charge in [0.2, 0.25) is 0 Å². The Morgan fingerprint density at radius 1 is 1.35 bits per heavy atom. The van der Waals surface area contributed by atoms with Gasteiger partial charge in [0, 0.05) is 17.3 Å². The topological polar surface area (TPSA) is 58.4 Å². The van der Waals surface area contributed by atoms with Crippen molar-refractivity contribution in [3.8, 4) is 11.1 Å². The maximum absolute atomic E-state index is 10.9. The molecular weight excluding hydrogens is 290 g/mol. The minimum absolute atomic E-state index is 0.101. The number of rotatable bonds is 5. The summed E-state index contributed by atoms with van der Waals surface area (Å²) in [5, 5.41) is 13.2. The molecule has 0 spiro atoms. The van der Waals surface area contributed by atoms with E-state index in [9.17, 15) is 4.79 Å². The van der Waals surface area contributed by atoms with Crippen LogP contribution in [0.4, 0.5) is 0 Å². The zero-order valence-corrected chi connectivity index (χ0v) is 13.7. The van der Waals surface area contributed by atoms with Crippen molar-refractivity contribution in [2.24, 2.45) is 0 Å². The number of carboxylic acid groups (broad SMARTS) is 1. The molecule has 3 rings (SSSR count). The number of hydrogen-bond acceptors (Lipinski definition) is 3. The first-order chi connectivity index (χ1) is 11.1. The summed E-state index contributed by atoms with van der Waals surface area (Å²) in [6, 6.07) is 8.93. The molecule has 0 radical (unpaired) electrons. The van der Waals surface area contributed by atoms with Crippen LogP contribution in [0.2, 0.25) is 0 Å². The summed E-state index contributed by atoms with van der Waals surface area (Å²) in [5.74, 6) is -0.876. The van der Waals surface area contributed by atoms with E-state index in [1.807, 2.05) is 6.92 Å². The van der Waals surface area contributed by atoms with E-state index in [4.69, 9.17) is 5.11 Å². The highest BCUT2D eigenvalue weighted by atomic mass is 16.4. The van der Waals surface area contributed by atoms with Crippen LogP contribution in [0, 0.1) is 6.92 Å². The van der Waals surface area contributed by atoms with Crippen LogP contribution >= 0.6 is 0 Å². The van der Waals surface area contributed by atoms with Gasteiger partial charge in [-0.3, -0.25) is 14.4 Å². The second kappa shape index (κ2) is 6.54. The van der Waals surface area contributed by atoms with Crippen LogP contribution in [0.25, 0.3) is 11.1 Å². The quantitative estimate of drug-likeness (QED) is 0.921. The van der Waals surface area contributed by atoms with Crippen molar-refractivity contribution >= 4 is 5.97 Å². The fraction of sp³-hybridized carbons (Fsp3) is 0.444. The van der Waals surface area contributed by atoms with Crippen LogP contribution < -0.4 is 0 Å². The number of hydrogen-bond donors (Lipinski definition) is 1. The van der Waals surface area contributed by atoms with Crippen LogP contribution in [0.5, 0.6) is 0 Å². The number of carbonyl (C=O) groups is 1. The molecule has 5 heteroatoms. The zero-order valence-electron chi connectivity index (χ0n) is 13.7. The largest absolute Gasteiger partial charge is 0.480 e. The maximum atomic E-state index is 10.9. The molecule has 23 heavy (non-hydrogen) atoms. The van der Waals surface area contributed by atoms with Crippen LogP contribution in [0.3, 0.4) is 0 Å². The number of nitrogens with zero attached hydrogens (tertiary/aromatic N) is 3. The van der Waals surface area contributed by atoms with Crippen molar-refractivity contribution in [2.75, 3.05) is 13.1 Å². The summed E-state index contributed by atoms with van der Waals surface area (Å²) < 4.78 is 1.54. The lowest BCUT2D eigenvalue weighted by Gasteiger charge is -2.24. The van der Waals surface area contributed by atoms with Crippen LogP contribution in [-0.4, -0.2) is 38.8 Å².